The van der Waals surface area contributed by atoms with Crippen LogP contribution in [0.1, 0.15) is 10.4 Å². The Morgan fingerprint density at radius 2 is 1.95 bits per heavy atom. The molecule has 98 valence electrons. The molecule has 1 heterocycles. The number of rotatable bonds is 5. The summed E-state index contributed by atoms with van der Waals surface area (Å²) in [5, 5.41) is 0.648. The molecule has 0 aliphatic rings. The van der Waals surface area contributed by atoms with Crippen LogP contribution in [-0.4, -0.2) is 24.2 Å². The Bertz CT molecular complexity index is 528. The van der Waals surface area contributed by atoms with Crippen LogP contribution in [0.15, 0.2) is 48.8 Å². The zero-order valence-electron chi connectivity index (χ0n) is 10.1. The minimum Gasteiger partial charge on any atom is -0.490 e. The number of benzene rings is 1. The van der Waals surface area contributed by atoms with Crippen LogP contribution in [0.5, 0.6) is 5.75 Å². The number of esters is 1. The number of aromatic nitrogens is 1. The highest BCUT2D eigenvalue weighted by molar-refractivity contribution is 6.30. The van der Waals surface area contributed by atoms with Crippen LogP contribution in [0, 0.1) is 0 Å². The summed E-state index contributed by atoms with van der Waals surface area (Å²) in [6.45, 7) is 0.462. The molecule has 2 rings (SSSR count). The summed E-state index contributed by atoms with van der Waals surface area (Å²) in [4.78, 5) is 15.4. The molecule has 0 saturated heterocycles. The summed E-state index contributed by atoms with van der Waals surface area (Å²) >= 11 is 5.75. The van der Waals surface area contributed by atoms with E-state index in [1.54, 1.807) is 42.6 Å². The number of carbonyl (C=O) groups excluding carboxylic acids is 1. The van der Waals surface area contributed by atoms with Gasteiger partial charge in [-0.15, -0.1) is 0 Å². The first kappa shape index (κ1) is 13.4. The number of nitrogens with zero attached hydrogens (tertiary/aromatic N) is 1. The highest BCUT2D eigenvalue weighted by Gasteiger charge is 2.06. The van der Waals surface area contributed by atoms with Crippen LogP contribution in [0.4, 0.5) is 0 Å². The first-order valence-electron chi connectivity index (χ1n) is 5.71. The molecule has 0 bridgehead atoms. The average Bonchev–Trinajstić information content (AvgIpc) is 2.46. The molecule has 5 heteroatoms. The van der Waals surface area contributed by atoms with E-state index in [-0.39, 0.29) is 13.2 Å². The normalized spacial score (nSPS) is 9.95. The van der Waals surface area contributed by atoms with Gasteiger partial charge in [0.15, 0.2) is 0 Å². The van der Waals surface area contributed by atoms with Gasteiger partial charge in [0.2, 0.25) is 0 Å². The van der Waals surface area contributed by atoms with E-state index in [1.165, 1.54) is 6.20 Å². The van der Waals surface area contributed by atoms with Crippen molar-refractivity contribution in [1.29, 1.82) is 0 Å². The predicted molar refractivity (Wildman–Crippen MR) is 71.5 cm³/mol. The Balaban J connectivity index is 1.72. The van der Waals surface area contributed by atoms with Crippen molar-refractivity contribution in [2.45, 2.75) is 0 Å². The molecule has 0 aliphatic carbocycles. The summed E-state index contributed by atoms with van der Waals surface area (Å²) in [6.07, 6.45) is 3.06. The van der Waals surface area contributed by atoms with Gasteiger partial charge in [-0.3, -0.25) is 4.98 Å². The number of hydrogen-bond acceptors (Lipinski definition) is 4. The monoisotopic (exact) mass is 277 g/mol. The van der Waals surface area contributed by atoms with Gasteiger partial charge in [0.25, 0.3) is 0 Å². The molecule has 0 radical (unpaired) electrons. The molecule has 19 heavy (non-hydrogen) atoms. The third-order valence-corrected chi connectivity index (χ3v) is 2.55. The van der Waals surface area contributed by atoms with Gasteiger partial charge in [-0.2, -0.15) is 0 Å². The summed E-state index contributed by atoms with van der Waals surface area (Å²) in [5.74, 6) is 0.273. The molecular formula is C14H12ClNO3. The van der Waals surface area contributed by atoms with E-state index in [4.69, 9.17) is 21.1 Å². The first-order chi connectivity index (χ1) is 9.25. The Morgan fingerprint density at radius 3 is 2.63 bits per heavy atom. The Morgan fingerprint density at radius 1 is 1.16 bits per heavy atom. The lowest BCUT2D eigenvalue weighted by Crippen LogP contribution is -2.12. The van der Waals surface area contributed by atoms with Crippen molar-refractivity contribution >= 4 is 17.6 Å². The molecular weight excluding hydrogens is 266 g/mol. The van der Waals surface area contributed by atoms with Crippen LogP contribution >= 0.6 is 11.6 Å². The minimum absolute atomic E-state index is 0.177. The number of ether oxygens (including phenoxy) is 2. The maximum Gasteiger partial charge on any atom is 0.339 e. The highest BCUT2D eigenvalue weighted by atomic mass is 35.5. The standard InChI is InChI=1S/C14H12ClNO3/c15-12-3-5-13(6-4-12)18-8-9-19-14(17)11-2-1-7-16-10-11/h1-7,10H,8-9H2. The number of pyridine rings is 1. The number of carbonyl (C=O) groups is 1. The van der Waals surface area contributed by atoms with Crippen molar-refractivity contribution in [2.75, 3.05) is 13.2 Å². The molecule has 0 amide bonds. The Hall–Kier alpha value is -2.07. The molecule has 4 nitrogen and oxygen atoms in total. The Labute approximate surface area is 115 Å². The van der Waals surface area contributed by atoms with E-state index in [2.05, 4.69) is 4.98 Å². The topological polar surface area (TPSA) is 48.4 Å². The molecule has 0 unspecified atom stereocenters. The lowest BCUT2D eigenvalue weighted by atomic mass is 10.3. The summed E-state index contributed by atoms with van der Waals surface area (Å²) in [7, 11) is 0. The third kappa shape index (κ3) is 4.26. The van der Waals surface area contributed by atoms with E-state index < -0.39 is 5.97 Å². The van der Waals surface area contributed by atoms with E-state index in [0.29, 0.717) is 16.3 Å². The zero-order valence-corrected chi connectivity index (χ0v) is 10.8. The third-order valence-electron chi connectivity index (χ3n) is 2.30. The van der Waals surface area contributed by atoms with Crippen LogP contribution in [-0.2, 0) is 4.74 Å². The first-order valence-corrected chi connectivity index (χ1v) is 6.09. The van der Waals surface area contributed by atoms with Gasteiger partial charge in [0.05, 0.1) is 5.56 Å². The largest absolute Gasteiger partial charge is 0.490 e. The molecule has 1 aromatic heterocycles. The molecule has 0 atom stereocenters. The second-order valence-electron chi connectivity index (χ2n) is 3.68. The van der Waals surface area contributed by atoms with Crippen molar-refractivity contribution in [3.63, 3.8) is 0 Å². The van der Waals surface area contributed by atoms with E-state index >= 15 is 0 Å². The Kier molecular flexibility index (Phi) is 4.75. The maximum absolute atomic E-state index is 11.6. The van der Waals surface area contributed by atoms with E-state index in [1.807, 2.05) is 0 Å². The van der Waals surface area contributed by atoms with Gasteiger partial charge in [0, 0.05) is 17.4 Å². The predicted octanol–water partition coefficient (Wildman–Crippen LogP) is 2.97. The quantitative estimate of drug-likeness (QED) is 0.623. The fourth-order valence-electron chi connectivity index (χ4n) is 1.39. The second kappa shape index (κ2) is 6.75. The SMILES string of the molecule is O=C(OCCOc1ccc(Cl)cc1)c1cccnc1. The molecule has 0 aliphatic heterocycles. The molecule has 2 aromatic rings. The number of hydrogen-bond donors (Lipinski definition) is 0. The smallest absolute Gasteiger partial charge is 0.339 e. The van der Waals surface area contributed by atoms with Crippen LogP contribution in [0.25, 0.3) is 0 Å². The van der Waals surface area contributed by atoms with E-state index in [9.17, 15) is 4.79 Å². The summed E-state index contributed by atoms with van der Waals surface area (Å²) in [5.41, 5.74) is 0.425. The van der Waals surface area contributed by atoms with Gasteiger partial charge in [-0.25, -0.2) is 4.79 Å². The lowest BCUT2D eigenvalue weighted by molar-refractivity contribution is 0.0450. The van der Waals surface area contributed by atoms with Crippen LogP contribution < -0.4 is 4.74 Å². The van der Waals surface area contributed by atoms with Crippen molar-refractivity contribution in [1.82, 2.24) is 4.98 Å². The molecule has 0 fully saturated rings. The molecule has 0 saturated carbocycles. The van der Waals surface area contributed by atoms with Crippen LogP contribution in [0.2, 0.25) is 5.02 Å². The van der Waals surface area contributed by atoms with Crippen molar-refractivity contribution in [3.05, 3.63) is 59.4 Å². The lowest BCUT2D eigenvalue weighted by Gasteiger charge is -2.07. The summed E-state index contributed by atoms with van der Waals surface area (Å²) < 4.78 is 10.4. The number of halogens is 1. The minimum atomic E-state index is -0.409. The van der Waals surface area contributed by atoms with Gasteiger partial charge in [0.1, 0.15) is 19.0 Å². The van der Waals surface area contributed by atoms with Gasteiger partial charge >= 0.3 is 5.97 Å². The molecule has 0 N–H and O–H groups in total. The van der Waals surface area contributed by atoms with Crippen molar-refractivity contribution < 1.29 is 14.3 Å². The van der Waals surface area contributed by atoms with Crippen LogP contribution in [0.3, 0.4) is 0 Å². The highest BCUT2D eigenvalue weighted by Crippen LogP contribution is 2.15. The molecule has 0 spiro atoms. The second-order valence-corrected chi connectivity index (χ2v) is 4.12. The summed E-state index contributed by atoms with van der Waals surface area (Å²) in [6, 6.07) is 10.3. The maximum atomic E-state index is 11.6. The zero-order chi connectivity index (χ0) is 13.5. The van der Waals surface area contributed by atoms with E-state index in [0.717, 1.165) is 0 Å². The van der Waals surface area contributed by atoms with Gasteiger partial charge in [-0.1, -0.05) is 11.6 Å². The van der Waals surface area contributed by atoms with Gasteiger partial charge in [-0.05, 0) is 36.4 Å². The fourth-order valence-corrected chi connectivity index (χ4v) is 1.52. The fraction of sp³-hybridized carbons (Fsp3) is 0.143. The average molecular weight is 278 g/mol. The van der Waals surface area contributed by atoms with Crippen molar-refractivity contribution in [3.8, 4) is 5.75 Å². The van der Waals surface area contributed by atoms with Gasteiger partial charge < -0.3 is 9.47 Å². The van der Waals surface area contributed by atoms with Crippen molar-refractivity contribution in [2.24, 2.45) is 0 Å². The molecule has 1 aromatic carbocycles.